The number of unbranched alkanes of at least 4 members (excludes halogenated alkanes) is 5. The smallest absolute Gasteiger partial charge is 0.192 e. The second-order valence-corrected chi connectivity index (χ2v) is 4.98. The van der Waals surface area contributed by atoms with Gasteiger partial charge in [0.15, 0.2) is 5.88 Å². The van der Waals surface area contributed by atoms with Crippen molar-refractivity contribution in [2.75, 3.05) is 0 Å². The minimum Gasteiger partial charge on any atom is -0.494 e. The summed E-state index contributed by atoms with van der Waals surface area (Å²) >= 11 is 0. The summed E-state index contributed by atoms with van der Waals surface area (Å²) < 4.78 is 2.02. The predicted molar refractivity (Wildman–Crippen MR) is 77.0 cm³/mol. The number of hydrogen-bond donors (Lipinski definition) is 1. The first kappa shape index (κ1) is 13.0. The van der Waals surface area contributed by atoms with Crippen LogP contribution in [0.3, 0.4) is 0 Å². The molecule has 0 unspecified atom stereocenters. The molecule has 0 amide bonds. The largest absolute Gasteiger partial charge is 0.494 e. The Hall–Kier alpha value is -1.44. The topological polar surface area (TPSA) is 25.2 Å². The molecule has 1 aromatic heterocycles. The lowest BCUT2D eigenvalue weighted by molar-refractivity contribution is 0.414. The first-order valence-electron chi connectivity index (χ1n) is 7.10. The monoisotopic (exact) mass is 245 g/mol. The fraction of sp³-hybridized carbons (Fsp3) is 0.500. The number of aryl methyl sites for hydroxylation is 1. The fourth-order valence-corrected chi connectivity index (χ4v) is 2.48. The third-order valence-electron chi connectivity index (χ3n) is 3.52. The van der Waals surface area contributed by atoms with E-state index in [0.29, 0.717) is 5.88 Å². The standard InChI is InChI=1S/C16H23NO/c1-2-3-4-5-6-9-12-17-15-11-8-7-10-14(15)13-16(17)18/h7-8,10-11,13,18H,2-6,9,12H2,1H3. The molecule has 1 N–H and O–H groups in total. The maximum absolute atomic E-state index is 9.94. The zero-order chi connectivity index (χ0) is 12.8. The third kappa shape index (κ3) is 3.06. The van der Waals surface area contributed by atoms with Crippen molar-refractivity contribution >= 4 is 10.9 Å². The Morgan fingerprint density at radius 1 is 1.00 bits per heavy atom. The lowest BCUT2D eigenvalue weighted by atomic mass is 10.1. The molecule has 0 atom stereocenters. The maximum atomic E-state index is 9.94. The molecule has 2 nitrogen and oxygen atoms in total. The van der Waals surface area contributed by atoms with Gasteiger partial charge < -0.3 is 9.67 Å². The number of nitrogens with zero attached hydrogens (tertiary/aromatic N) is 1. The molecule has 2 aromatic rings. The summed E-state index contributed by atoms with van der Waals surface area (Å²) in [5.74, 6) is 0.393. The highest BCUT2D eigenvalue weighted by molar-refractivity contribution is 5.82. The molecule has 1 aromatic carbocycles. The fourth-order valence-electron chi connectivity index (χ4n) is 2.48. The number of benzene rings is 1. The van der Waals surface area contributed by atoms with Gasteiger partial charge >= 0.3 is 0 Å². The molecule has 18 heavy (non-hydrogen) atoms. The van der Waals surface area contributed by atoms with Crippen LogP contribution in [0.15, 0.2) is 30.3 Å². The lowest BCUT2D eigenvalue weighted by Crippen LogP contribution is -1.97. The van der Waals surface area contributed by atoms with Gasteiger partial charge in [0, 0.05) is 18.0 Å². The van der Waals surface area contributed by atoms with Crippen molar-refractivity contribution in [3.63, 3.8) is 0 Å². The van der Waals surface area contributed by atoms with Crippen molar-refractivity contribution in [2.24, 2.45) is 0 Å². The van der Waals surface area contributed by atoms with Crippen LogP contribution in [0.5, 0.6) is 5.88 Å². The molecule has 0 saturated carbocycles. The SMILES string of the molecule is CCCCCCCCn1c(O)cc2ccccc21. The van der Waals surface area contributed by atoms with E-state index >= 15 is 0 Å². The predicted octanol–water partition coefficient (Wildman–Crippen LogP) is 4.71. The van der Waals surface area contributed by atoms with Gasteiger partial charge in [0.2, 0.25) is 0 Å². The highest BCUT2D eigenvalue weighted by atomic mass is 16.3. The van der Waals surface area contributed by atoms with Crippen LogP contribution in [0.1, 0.15) is 45.4 Å². The van der Waals surface area contributed by atoms with E-state index in [2.05, 4.69) is 13.0 Å². The first-order chi connectivity index (χ1) is 8.83. The van der Waals surface area contributed by atoms with Crippen molar-refractivity contribution in [1.29, 1.82) is 0 Å². The van der Waals surface area contributed by atoms with Gasteiger partial charge in [-0.2, -0.15) is 0 Å². The van der Waals surface area contributed by atoms with E-state index in [0.717, 1.165) is 23.9 Å². The molecule has 0 spiro atoms. The van der Waals surface area contributed by atoms with Gasteiger partial charge in [0.25, 0.3) is 0 Å². The summed E-state index contributed by atoms with van der Waals surface area (Å²) in [6, 6.07) is 10.0. The molecule has 0 aliphatic carbocycles. The molecule has 1 heterocycles. The van der Waals surface area contributed by atoms with Gasteiger partial charge in [0.05, 0.1) is 5.52 Å². The van der Waals surface area contributed by atoms with Crippen molar-refractivity contribution in [3.05, 3.63) is 30.3 Å². The zero-order valence-corrected chi connectivity index (χ0v) is 11.2. The van der Waals surface area contributed by atoms with Gasteiger partial charge in [-0.1, -0.05) is 57.2 Å². The number of aromatic hydroxyl groups is 1. The van der Waals surface area contributed by atoms with E-state index < -0.39 is 0 Å². The van der Waals surface area contributed by atoms with Crippen molar-refractivity contribution in [2.45, 2.75) is 52.0 Å². The molecule has 2 rings (SSSR count). The normalized spacial score (nSPS) is 11.2. The van der Waals surface area contributed by atoms with E-state index in [4.69, 9.17) is 0 Å². The molecular weight excluding hydrogens is 222 g/mol. The van der Waals surface area contributed by atoms with Crippen molar-refractivity contribution < 1.29 is 5.11 Å². The number of para-hydroxylation sites is 1. The van der Waals surface area contributed by atoms with Crippen molar-refractivity contribution in [1.82, 2.24) is 4.57 Å². The van der Waals surface area contributed by atoms with Crippen LogP contribution in [0.2, 0.25) is 0 Å². The quantitative estimate of drug-likeness (QED) is 0.702. The highest BCUT2D eigenvalue weighted by Crippen LogP contribution is 2.24. The van der Waals surface area contributed by atoms with Gasteiger partial charge in [0.1, 0.15) is 0 Å². The van der Waals surface area contributed by atoms with Crippen LogP contribution in [-0.4, -0.2) is 9.67 Å². The van der Waals surface area contributed by atoms with E-state index in [9.17, 15) is 5.11 Å². The number of hydrogen-bond acceptors (Lipinski definition) is 1. The average Bonchev–Trinajstić information content (AvgIpc) is 2.70. The highest BCUT2D eigenvalue weighted by Gasteiger charge is 2.06. The Morgan fingerprint density at radius 2 is 1.72 bits per heavy atom. The molecule has 0 fully saturated rings. The van der Waals surface area contributed by atoms with E-state index in [1.165, 1.54) is 32.1 Å². The van der Waals surface area contributed by atoms with Gasteiger partial charge in [-0.25, -0.2) is 0 Å². The number of rotatable bonds is 7. The van der Waals surface area contributed by atoms with Crippen LogP contribution in [-0.2, 0) is 6.54 Å². The summed E-state index contributed by atoms with van der Waals surface area (Å²) in [6.07, 6.45) is 7.70. The Kier molecular flexibility index (Phi) is 4.68. The summed E-state index contributed by atoms with van der Waals surface area (Å²) in [5, 5.41) is 11.1. The molecule has 0 aliphatic rings. The van der Waals surface area contributed by atoms with Crippen molar-refractivity contribution in [3.8, 4) is 5.88 Å². The van der Waals surface area contributed by atoms with Crippen LogP contribution >= 0.6 is 0 Å². The van der Waals surface area contributed by atoms with Gasteiger partial charge in [-0.3, -0.25) is 0 Å². The molecular formula is C16H23NO. The second-order valence-electron chi connectivity index (χ2n) is 4.98. The molecule has 0 saturated heterocycles. The van der Waals surface area contributed by atoms with Crippen LogP contribution in [0.25, 0.3) is 10.9 Å². The summed E-state index contributed by atoms with van der Waals surface area (Å²) in [5.41, 5.74) is 1.14. The van der Waals surface area contributed by atoms with Gasteiger partial charge in [-0.15, -0.1) is 0 Å². The minimum absolute atomic E-state index is 0.393. The zero-order valence-electron chi connectivity index (χ0n) is 11.2. The summed E-state index contributed by atoms with van der Waals surface area (Å²) in [4.78, 5) is 0. The number of aromatic nitrogens is 1. The number of fused-ring (bicyclic) bond motifs is 1. The van der Waals surface area contributed by atoms with Crippen LogP contribution < -0.4 is 0 Å². The third-order valence-corrected chi connectivity index (χ3v) is 3.52. The average molecular weight is 245 g/mol. The molecule has 0 aliphatic heterocycles. The molecule has 2 heteroatoms. The molecule has 0 radical (unpaired) electrons. The summed E-state index contributed by atoms with van der Waals surface area (Å²) in [6.45, 7) is 3.16. The first-order valence-corrected chi connectivity index (χ1v) is 7.10. The maximum Gasteiger partial charge on any atom is 0.192 e. The van der Waals surface area contributed by atoms with Crippen LogP contribution in [0, 0.1) is 0 Å². The Bertz CT molecular complexity index is 487. The van der Waals surface area contributed by atoms with Crippen LogP contribution in [0.4, 0.5) is 0 Å². The lowest BCUT2D eigenvalue weighted by Gasteiger charge is -2.06. The minimum atomic E-state index is 0.393. The Labute approximate surface area is 109 Å². The van der Waals surface area contributed by atoms with Gasteiger partial charge in [-0.05, 0) is 12.5 Å². The Balaban J connectivity index is 1.89. The van der Waals surface area contributed by atoms with E-state index in [1.54, 1.807) is 0 Å². The van der Waals surface area contributed by atoms with E-state index in [1.807, 2.05) is 28.8 Å². The Morgan fingerprint density at radius 3 is 2.56 bits per heavy atom. The molecule has 98 valence electrons. The molecule has 0 bridgehead atoms. The second kappa shape index (κ2) is 6.48. The van der Waals surface area contributed by atoms with E-state index in [-0.39, 0.29) is 0 Å². The summed E-state index contributed by atoms with van der Waals surface area (Å²) in [7, 11) is 0.